The lowest BCUT2D eigenvalue weighted by molar-refractivity contribution is -0.149. The van der Waals surface area contributed by atoms with E-state index >= 15 is 0 Å². The zero-order valence-corrected chi connectivity index (χ0v) is 12.2. The molecule has 0 saturated heterocycles. The van der Waals surface area contributed by atoms with Crippen molar-refractivity contribution in [1.82, 2.24) is 0 Å². The van der Waals surface area contributed by atoms with Crippen LogP contribution in [0.15, 0.2) is 60.7 Å². The second-order valence-electron chi connectivity index (χ2n) is 5.04. The van der Waals surface area contributed by atoms with Crippen LogP contribution < -0.4 is 0 Å². The maximum Gasteiger partial charge on any atom is 0.309 e. The SMILES string of the molecule is CCOC(=O)C[C@](O)(Cc1ccccc1)c1ccccc1. The molecule has 0 radical (unpaired) electrons. The van der Waals surface area contributed by atoms with Gasteiger partial charge in [0.1, 0.15) is 5.60 Å². The average molecular weight is 284 g/mol. The van der Waals surface area contributed by atoms with E-state index in [1.54, 1.807) is 6.92 Å². The van der Waals surface area contributed by atoms with Gasteiger partial charge in [0.15, 0.2) is 0 Å². The minimum absolute atomic E-state index is 0.0558. The first-order valence-corrected chi connectivity index (χ1v) is 7.11. The minimum atomic E-state index is -1.26. The van der Waals surface area contributed by atoms with E-state index in [9.17, 15) is 9.90 Å². The molecule has 0 saturated carbocycles. The van der Waals surface area contributed by atoms with Crippen molar-refractivity contribution in [2.24, 2.45) is 0 Å². The number of hydrogen-bond donors (Lipinski definition) is 1. The Balaban J connectivity index is 2.27. The third-order valence-corrected chi connectivity index (χ3v) is 3.39. The summed E-state index contributed by atoms with van der Waals surface area (Å²) < 4.78 is 5.00. The number of benzene rings is 2. The van der Waals surface area contributed by atoms with Gasteiger partial charge < -0.3 is 9.84 Å². The smallest absolute Gasteiger partial charge is 0.309 e. The molecule has 0 aromatic heterocycles. The Morgan fingerprint density at radius 2 is 1.62 bits per heavy atom. The number of hydrogen-bond acceptors (Lipinski definition) is 3. The molecule has 0 bridgehead atoms. The zero-order chi connectivity index (χ0) is 15.1. The number of ether oxygens (including phenoxy) is 1. The third kappa shape index (κ3) is 4.17. The van der Waals surface area contributed by atoms with Crippen molar-refractivity contribution in [2.45, 2.75) is 25.4 Å². The van der Waals surface area contributed by atoms with Crippen LogP contribution in [0.25, 0.3) is 0 Å². The molecule has 2 rings (SSSR count). The molecule has 21 heavy (non-hydrogen) atoms. The maximum atomic E-state index is 11.8. The summed E-state index contributed by atoms with van der Waals surface area (Å²) in [4.78, 5) is 11.8. The molecule has 3 heteroatoms. The Morgan fingerprint density at radius 3 is 2.19 bits per heavy atom. The quantitative estimate of drug-likeness (QED) is 0.829. The van der Waals surface area contributed by atoms with Gasteiger partial charge in [0.25, 0.3) is 0 Å². The summed E-state index contributed by atoms with van der Waals surface area (Å²) in [6.45, 7) is 2.08. The summed E-state index contributed by atoms with van der Waals surface area (Å²) in [5, 5.41) is 11.0. The van der Waals surface area contributed by atoms with Crippen molar-refractivity contribution in [1.29, 1.82) is 0 Å². The van der Waals surface area contributed by atoms with Gasteiger partial charge >= 0.3 is 5.97 Å². The van der Waals surface area contributed by atoms with Crippen LogP contribution in [-0.2, 0) is 21.6 Å². The number of aliphatic hydroxyl groups is 1. The first-order chi connectivity index (χ1) is 10.1. The van der Waals surface area contributed by atoms with E-state index in [0.717, 1.165) is 11.1 Å². The van der Waals surface area contributed by atoms with Gasteiger partial charge in [-0.25, -0.2) is 0 Å². The molecule has 0 heterocycles. The van der Waals surface area contributed by atoms with Crippen molar-refractivity contribution in [3.05, 3.63) is 71.8 Å². The third-order valence-electron chi connectivity index (χ3n) is 3.39. The highest BCUT2D eigenvalue weighted by Gasteiger charge is 2.33. The first kappa shape index (κ1) is 15.3. The second kappa shape index (κ2) is 7.04. The van der Waals surface area contributed by atoms with Gasteiger partial charge in [0.05, 0.1) is 13.0 Å². The molecular formula is C18H20O3. The van der Waals surface area contributed by atoms with E-state index in [0.29, 0.717) is 13.0 Å². The highest BCUT2D eigenvalue weighted by molar-refractivity contribution is 5.71. The topological polar surface area (TPSA) is 46.5 Å². The lowest BCUT2D eigenvalue weighted by atomic mass is 9.84. The van der Waals surface area contributed by atoms with Crippen LogP contribution >= 0.6 is 0 Å². The molecule has 2 aromatic rings. The molecule has 1 N–H and O–H groups in total. The Bertz CT molecular complexity index is 566. The predicted octanol–water partition coefficient (Wildman–Crippen LogP) is 3.07. The number of carbonyl (C=O) groups is 1. The van der Waals surface area contributed by atoms with Crippen LogP contribution in [0.3, 0.4) is 0 Å². The molecule has 110 valence electrons. The fraction of sp³-hybridized carbons (Fsp3) is 0.278. The molecule has 0 aliphatic carbocycles. The van der Waals surface area contributed by atoms with Crippen LogP contribution in [0.2, 0.25) is 0 Å². The highest BCUT2D eigenvalue weighted by Crippen LogP contribution is 2.29. The molecular weight excluding hydrogens is 264 g/mol. The van der Waals surface area contributed by atoms with Gasteiger partial charge in [0, 0.05) is 6.42 Å². The van der Waals surface area contributed by atoms with E-state index in [1.807, 2.05) is 60.7 Å². The second-order valence-corrected chi connectivity index (χ2v) is 5.04. The van der Waals surface area contributed by atoms with E-state index in [1.165, 1.54) is 0 Å². The summed E-state index contributed by atoms with van der Waals surface area (Å²) in [6.07, 6.45) is 0.316. The van der Waals surface area contributed by atoms with Crippen molar-refractivity contribution >= 4 is 5.97 Å². The molecule has 0 fully saturated rings. The van der Waals surface area contributed by atoms with Crippen molar-refractivity contribution in [3.8, 4) is 0 Å². The average Bonchev–Trinajstić information content (AvgIpc) is 2.49. The van der Waals surface area contributed by atoms with Gasteiger partial charge in [0.2, 0.25) is 0 Å². The molecule has 0 spiro atoms. The van der Waals surface area contributed by atoms with Crippen LogP contribution in [0.1, 0.15) is 24.5 Å². The highest BCUT2D eigenvalue weighted by atomic mass is 16.5. The monoisotopic (exact) mass is 284 g/mol. The molecule has 0 aliphatic rings. The minimum Gasteiger partial charge on any atom is -0.466 e. The molecule has 0 amide bonds. The molecule has 3 nitrogen and oxygen atoms in total. The number of esters is 1. The van der Waals surface area contributed by atoms with Crippen molar-refractivity contribution < 1.29 is 14.6 Å². The fourth-order valence-electron chi connectivity index (χ4n) is 2.40. The standard InChI is InChI=1S/C18H20O3/c1-2-21-17(19)14-18(20,16-11-7-4-8-12-16)13-15-9-5-3-6-10-15/h3-12,20H,2,13-14H2,1H3/t18-/m1/s1. The molecule has 2 aromatic carbocycles. The summed E-state index contributed by atoms with van der Waals surface area (Å²) in [5.74, 6) is -0.389. The van der Waals surface area contributed by atoms with Gasteiger partial charge in [-0.2, -0.15) is 0 Å². The Labute approximate surface area is 125 Å². The fourth-order valence-corrected chi connectivity index (χ4v) is 2.40. The van der Waals surface area contributed by atoms with E-state index in [4.69, 9.17) is 4.74 Å². The lowest BCUT2D eigenvalue weighted by Gasteiger charge is -2.28. The Kier molecular flexibility index (Phi) is 5.12. The summed E-state index contributed by atoms with van der Waals surface area (Å²) in [5.41, 5.74) is 0.449. The van der Waals surface area contributed by atoms with Crippen LogP contribution in [0.4, 0.5) is 0 Å². The van der Waals surface area contributed by atoms with Gasteiger partial charge in [-0.05, 0) is 18.1 Å². The predicted molar refractivity (Wildman–Crippen MR) is 81.7 cm³/mol. The Hall–Kier alpha value is -2.13. The molecule has 1 atom stereocenters. The summed E-state index contributed by atoms with van der Waals surface area (Å²) in [7, 11) is 0. The zero-order valence-electron chi connectivity index (χ0n) is 12.2. The van der Waals surface area contributed by atoms with Crippen LogP contribution in [0, 0.1) is 0 Å². The number of rotatable bonds is 6. The largest absolute Gasteiger partial charge is 0.466 e. The van der Waals surface area contributed by atoms with Crippen LogP contribution in [-0.4, -0.2) is 17.7 Å². The maximum absolute atomic E-state index is 11.8. The normalized spacial score (nSPS) is 13.4. The summed E-state index contributed by atoms with van der Waals surface area (Å²) in [6, 6.07) is 18.9. The van der Waals surface area contributed by atoms with E-state index in [2.05, 4.69) is 0 Å². The van der Waals surface area contributed by atoms with Gasteiger partial charge in [-0.3, -0.25) is 4.79 Å². The number of carbonyl (C=O) groups excluding carboxylic acids is 1. The van der Waals surface area contributed by atoms with Crippen LogP contribution in [0.5, 0.6) is 0 Å². The van der Waals surface area contributed by atoms with E-state index in [-0.39, 0.29) is 12.4 Å². The Morgan fingerprint density at radius 1 is 1.05 bits per heavy atom. The van der Waals surface area contributed by atoms with Crippen molar-refractivity contribution in [3.63, 3.8) is 0 Å². The first-order valence-electron chi connectivity index (χ1n) is 7.11. The van der Waals surface area contributed by atoms with Gasteiger partial charge in [-0.1, -0.05) is 60.7 Å². The summed E-state index contributed by atoms with van der Waals surface area (Å²) >= 11 is 0. The van der Waals surface area contributed by atoms with Gasteiger partial charge in [-0.15, -0.1) is 0 Å². The lowest BCUT2D eigenvalue weighted by Crippen LogP contribution is -2.32. The molecule has 0 aliphatic heterocycles. The van der Waals surface area contributed by atoms with E-state index < -0.39 is 5.60 Å². The molecule has 0 unspecified atom stereocenters. The van der Waals surface area contributed by atoms with Crippen molar-refractivity contribution in [2.75, 3.05) is 6.61 Å².